The van der Waals surface area contributed by atoms with Gasteiger partial charge in [-0.05, 0) is 47.7 Å². The lowest BCUT2D eigenvalue weighted by molar-refractivity contribution is 0.370. The van der Waals surface area contributed by atoms with Gasteiger partial charge in [0.2, 0.25) is 0 Å². The van der Waals surface area contributed by atoms with Gasteiger partial charge in [0.05, 0.1) is 17.2 Å². The van der Waals surface area contributed by atoms with Crippen molar-refractivity contribution >= 4 is 0 Å². The largest absolute Gasteiger partial charge is 0.198 e. The van der Waals surface area contributed by atoms with Crippen LogP contribution in [0.5, 0.6) is 0 Å². The van der Waals surface area contributed by atoms with E-state index >= 15 is 0 Å². The Balaban J connectivity index is 1.86. The molecule has 1 saturated carbocycles. The van der Waals surface area contributed by atoms with Crippen molar-refractivity contribution in [3.63, 3.8) is 0 Å². The van der Waals surface area contributed by atoms with Gasteiger partial charge in [0, 0.05) is 6.42 Å². The summed E-state index contributed by atoms with van der Waals surface area (Å²) >= 11 is 0. The lowest BCUT2D eigenvalue weighted by atomic mass is 9.83. The standard InChI is InChI=1S/C16H19N5/c1-2-13-8-9-16(10-13,12-17)11-15-18-19-20-21(15)14-6-4-3-5-7-14/h3-7,13H,2,8-11H2,1H3. The number of hydrogen-bond acceptors (Lipinski definition) is 4. The summed E-state index contributed by atoms with van der Waals surface area (Å²) < 4.78 is 1.75. The second-order valence-corrected chi connectivity index (χ2v) is 5.93. The predicted molar refractivity (Wildman–Crippen MR) is 78.5 cm³/mol. The molecule has 0 aliphatic heterocycles. The number of nitrogens with zero attached hydrogens (tertiary/aromatic N) is 5. The molecule has 0 radical (unpaired) electrons. The maximum absolute atomic E-state index is 9.66. The van der Waals surface area contributed by atoms with E-state index < -0.39 is 0 Å². The van der Waals surface area contributed by atoms with Gasteiger partial charge < -0.3 is 0 Å². The quantitative estimate of drug-likeness (QED) is 0.864. The molecule has 0 N–H and O–H groups in total. The summed E-state index contributed by atoms with van der Waals surface area (Å²) in [5.74, 6) is 1.44. The third kappa shape index (κ3) is 2.66. The van der Waals surface area contributed by atoms with Gasteiger partial charge in [-0.15, -0.1) is 5.10 Å². The van der Waals surface area contributed by atoms with Gasteiger partial charge in [-0.1, -0.05) is 31.5 Å². The van der Waals surface area contributed by atoms with Gasteiger partial charge in [0.1, 0.15) is 0 Å². The summed E-state index contributed by atoms with van der Waals surface area (Å²) in [4.78, 5) is 0. The summed E-state index contributed by atoms with van der Waals surface area (Å²) in [5.41, 5.74) is 0.637. The van der Waals surface area contributed by atoms with Gasteiger partial charge in [-0.2, -0.15) is 9.94 Å². The topological polar surface area (TPSA) is 67.4 Å². The van der Waals surface area contributed by atoms with E-state index in [2.05, 4.69) is 28.5 Å². The highest BCUT2D eigenvalue weighted by Crippen LogP contribution is 2.44. The van der Waals surface area contributed by atoms with Crippen LogP contribution in [0.25, 0.3) is 5.69 Å². The Morgan fingerprint density at radius 1 is 1.38 bits per heavy atom. The normalized spacial score (nSPS) is 24.9. The first-order chi connectivity index (χ1) is 10.3. The molecule has 2 atom stereocenters. The molecule has 0 amide bonds. The Kier molecular flexibility index (Phi) is 3.70. The van der Waals surface area contributed by atoms with Crippen LogP contribution in [0.2, 0.25) is 0 Å². The zero-order valence-electron chi connectivity index (χ0n) is 12.2. The zero-order chi connectivity index (χ0) is 14.7. The van der Waals surface area contributed by atoms with E-state index in [1.165, 1.54) is 0 Å². The van der Waals surface area contributed by atoms with Crippen molar-refractivity contribution in [2.45, 2.75) is 39.0 Å². The molecule has 21 heavy (non-hydrogen) atoms. The number of para-hydroxylation sites is 1. The van der Waals surface area contributed by atoms with Crippen LogP contribution < -0.4 is 0 Å². The first-order valence-electron chi connectivity index (χ1n) is 7.50. The third-order valence-electron chi connectivity index (χ3n) is 4.56. The lowest BCUT2D eigenvalue weighted by Crippen LogP contribution is -2.21. The molecule has 2 unspecified atom stereocenters. The molecule has 1 aliphatic rings. The Morgan fingerprint density at radius 3 is 2.86 bits per heavy atom. The average Bonchev–Trinajstić information content (AvgIpc) is 3.16. The average molecular weight is 281 g/mol. The first-order valence-corrected chi connectivity index (χ1v) is 7.50. The Bertz CT molecular complexity index is 642. The molecule has 1 aromatic carbocycles. The van der Waals surface area contributed by atoms with Crippen LogP contribution in [-0.4, -0.2) is 20.2 Å². The zero-order valence-corrected chi connectivity index (χ0v) is 12.2. The van der Waals surface area contributed by atoms with Crippen LogP contribution >= 0.6 is 0 Å². The van der Waals surface area contributed by atoms with Crippen molar-refractivity contribution in [3.8, 4) is 11.8 Å². The van der Waals surface area contributed by atoms with Crippen LogP contribution in [-0.2, 0) is 6.42 Å². The van der Waals surface area contributed by atoms with E-state index in [1.54, 1.807) is 4.68 Å². The second-order valence-electron chi connectivity index (χ2n) is 5.93. The minimum absolute atomic E-state index is 0.304. The molecule has 3 rings (SSSR count). The van der Waals surface area contributed by atoms with Crippen LogP contribution in [0.3, 0.4) is 0 Å². The maximum Gasteiger partial charge on any atom is 0.158 e. The molecule has 1 heterocycles. The summed E-state index contributed by atoms with van der Waals surface area (Å²) in [6, 6.07) is 12.4. The Hall–Kier alpha value is -2.22. The minimum atomic E-state index is -0.304. The Labute approximate surface area is 124 Å². The number of nitriles is 1. The fourth-order valence-corrected chi connectivity index (χ4v) is 3.28. The highest BCUT2D eigenvalue weighted by Gasteiger charge is 2.40. The molecule has 0 saturated heterocycles. The smallest absolute Gasteiger partial charge is 0.158 e. The van der Waals surface area contributed by atoms with Crippen LogP contribution in [0.4, 0.5) is 0 Å². The number of tetrazole rings is 1. The summed E-state index contributed by atoms with van der Waals surface area (Å²) in [5, 5.41) is 21.7. The van der Waals surface area contributed by atoms with Crippen molar-refractivity contribution in [1.29, 1.82) is 5.26 Å². The van der Waals surface area contributed by atoms with Crippen LogP contribution in [0.15, 0.2) is 30.3 Å². The lowest BCUT2D eigenvalue weighted by Gasteiger charge is -2.20. The molecular formula is C16H19N5. The number of aromatic nitrogens is 4. The number of hydrogen-bond donors (Lipinski definition) is 0. The van der Waals surface area contributed by atoms with Gasteiger partial charge in [0.25, 0.3) is 0 Å². The molecule has 0 bridgehead atoms. The van der Waals surface area contributed by atoms with Crippen LogP contribution in [0, 0.1) is 22.7 Å². The van der Waals surface area contributed by atoms with Crippen molar-refractivity contribution in [2.24, 2.45) is 11.3 Å². The van der Waals surface area contributed by atoms with E-state index in [1.807, 2.05) is 30.3 Å². The third-order valence-corrected chi connectivity index (χ3v) is 4.56. The Morgan fingerprint density at radius 2 is 2.19 bits per heavy atom. The molecule has 5 nitrogen and oxygen atoms in total. The van der Waals surface area contributed by atoms with Gasteiger partial charge in [-0.25, -0.2) is 0 Å². The highest BCUT2D eigenvalue weighted by atomic mass is 15.5. The van der Waals surface area contributed by atoms with Gasteiger partial charge in [0.15, 0.2) is 5.82 Å². The second kappa shape index (κ2) is 5.65. The molecule has 1 fully saturated rings. The fourth-order valence-electron chi connectivity index (χ4n) is 3.28. The summed E-state index contributed by atoms with van der Waals surface area (Å²) in [6.45, 7) is 2.20. The molecule has 1 aromatic heterocycles. The van der Waals surface area contributed by atoms with Gasteiger partial charge >= 0.3 is 0 Å². The molecule has 108 valence electrons. The van der Waals surface area contributed by atoms with E-state index in [-0.39, 0.29) is 5.41 Å². The van der Waals surface area contributed by atoms with Crippen molar-refractivity contribution in [2.75, 3.05) is 0 Å². The molecule has 2 aromatic rings. The van der Waals surface area contributed by atoms with Crippen LogP contribution in [0.1, 0.15) is 38.4 Å². The molecular weight excluding hydrogens is 262 g/mol. The summed E-state index contributed by atoms with van der Waals surface area (Å²) in [7, 11) is 0. The predicted octanol–water partition coefficient (Wildman–Crippen LogP) is 2.92. The van der Waals surface area contributed by atoms with Crippen molar-refractivity contribution < 1.29 is 0 Å². The summed E-state index contributed by atoms with van der Waals surface area (Å²) in [6.07, 6.45) is 4.82. The number of benzene rings is 1. The molecule has 1 aliphatic carbocycles. The fraction of sp³-hybridized carbons (Fsp3) is 0.500. The van der Waals surface area contributed by atoms with E-state index in [0.717, 1.165) is 37.2 Å². The molecule has 5 heteroatoms. The van der Waals surface area contributed by atoms with Crippen molar-refractivity contribution in [3.05, 3.63) is 36.2 Å². The monoisotopic (exact) mass is 281 g/mol. The molecule has 0 spiro atoms. The maximum atomic E-state index is 9.66. The van der Waals surface area contributed by atoms with E-state index in [4.69, 9.17) is 0 Å². The number of rotatable bonds is 4. The van der Waals surface area contributed by atoms with Crippen molar-refractivity contribution in [1.82, 2.24) is 20.2 Å². The SMILES string of the molecule is CCC1CCC(C#N)(Cc2nnnn2-c2ccccc2)C1. The highest BCUT2D eigenvalue weighted by molar-refractivity contribution is 5.31. The van der Waals surface area contributed by atoms with E-state index in [9.17, 15) is 5.26 Å². The van der Waals surface area contributed by atoms with Gasteiger partial charge in [-0.3, -0.25) is 0 Å². The van der Waals surface area contributed by atoms with E-state index in [0.29, 0.717) is 12.3 Å². The minimum Gasteiger partial charge on any atom is -0.198 e. The first kappa shape index (κ1) is 13.7.